The first kappa shape index (κ1) is 20.3. The van der Waals surface area contributed by atoms with Gasteiger partial charge in [0.25, 0.3) is 0 Å². The molecule has 0 aliphatic carbocycles. The molecule has 3 rings (SSSR count). The normalized spacial score (nSPS) is 16.5. The van der Waals surface area contributed by atoms with Gasteiger partial charge in [-0.1, -0.05) is 36.4 Å². The van der Waals surface area contributed by atoms with E-state index in [1.165, 1.54) is 13.2 Å². The van der Waals surface area contributed by atoms with Crippen LogP contribution in [0.3, 0.4) is 0 Å². The van der Waals surface area contributed by atoms with E-state index in [2.05, 4.69) is 15.1 Å². The second-order valence-electron chi connectivity index (χ2n) is 7.16. The lowest BCUT2D eigenvalue weighted by Crippen LogP contribution is -2.53. The van der Waals surface area contributed by atoms with Gasteiger partial charge in [0.15, 0.2) is 11.6 Å². The van der Waals surface area contributed by atoms with Crippen LogP contribution in [0.2, 0.25) is 0 Å². The molecule has 0 saturated carbocycles. The first-order valence-corrected chi connectivity index (χ1v) is 9.67. The Morgan fingerprint density at radius 2 is 1.82 bits per heavy atom. The summed E-state index contributed by atoms with van der Waals surface area (Å²) in [5.41, 5.74) is 2.03. The molecule has 1 fully saturated rings. The summed E-state index contributed by atoms with van der Waals surface area (Å²) < 4.78 is 18.8. The Bertz CT molecular complexity index is 777. The van der Waals surface area contributed by atoms with Crippen molar-refractivity contribution in [3.05, 3.63) is 65.5 Å². The average Bonchev–Trinajstić information content (AvgIpc) is 2.73. The Morgan fingerprint density at radius 1 is 1.11 bits per heavy atom. The van der Waals surface area contributed by atoms with Crippen molar-refractivity contribution in [2.75, 3.05) is 33.3 Å². The molecule has 0 aromatic heterocycles. The van der Waals surface area contributed by atoms with E-state index in [-0.39, 0.29) is 23.5 Å². The fourth-order valence-electron chi connectivity index (χ4n) is 3.47. The second-order valence-corrected chi connectivity index (χ2v) is 7.16. The highest BCUT2D eigenvalue weighted by atomic mass is 19.1. The summed E-state index contributed by atoms with van der Waals surface area (Å²) in [5, 5.41) is 3.02. The lowest BCUT2D eigenvalue weighted by Gasteiger charge is -2.37. The third-order valence-corrected chi connectivity index (χ3v) is 5.27. The third-order valence-electron chi connectivity index (χ3n) is 5.27. The number of carbonyl (C=O) groups is 1. The number of rotatable bonds is 7. The third kappa shape index (κ3) is 5.30. The number of halogens is 1. The molecule has 1 saturated heterocycles. The van der Waals surface area contributed by atoms with Crippen molar-refractivity contribution in [3.63, 3.8) is 0 Å². The zero-order chi connectivity index (χ0) is 19.9. The maximum atomic E-state index is 13.9. The van der Waals surface area contributed by atoms with Crippen LogP contribution in [-0.2, 0) is 17.9 Å². The van der Waals surface area contributed by atoms with Gasteiger partial charge < -0.3 is 10.1 Å². The van der Waals surface area contributed by atoms with Crippen LogP contribution in [0, 0.1) is 5.82 Å². The van der Waals surface area contributed by atoms with Crippen LogP contribution in [0.15, 0.2) is 48.5 Å². The molecule has 5 nitrogen and oxygen atoms in total. The topological polar surface area (TPSA) is 44.8 Å². The molecule has 0 radical (unpaired) electrons. The largest absolute Gasteiger partial charge is 0.494 e. The highest BCUT2D eigenvalue weighted by Gasteiger charge is 2.25. The Balaban J connectivity index is 1.45. The van der Waals surface area contributed by atoms with Gasteiger partial charge in [-0.25, -0.2) is 4.39 Å². The summed E-state index contributed by atoms with van der Waals surface area (Å²) in [4.78, 5) is 17.0. The maximum Gasteiger partial charge on any atom is 0.237 e. The quantitative estimate of drug-likeness (QED) is 0.796. The number of piperazine rings is 1. The van der Waals surface area contributed by atoms with Crippen molar-refractivity contribution < 1.29 is 13.9 Å². The molecule has 150 valence electrons. The lowest BCUT2D eigenvalue weighted by molar-refractivity contribution is -0.126. The first-order valence-electron chi connectivity index (χ1n) is 9.67. The number of amides is 1. The van der Waals surface area contributed by atoms with E-state index in [1.807, 2.05) is 43.3 Å². The molecule has 1 N–H and O–H groups in total. The van der Waals surface area contributed by atoms with E-state index < -0.39 is 0 Å². The molecular weight excluding hydrogens is 357 g/mol. The maximum absolute atomic E-state index is 13.9. The minimum atomic E-state index is -0.331. The van der Waals surface area contributed by atoms with Gasteiger partial charge in [0.2, 0.25) is 5.91 Å². The number of nitrogens with one attached hydrogen (secondary N) is 1. The minimum absolute atomic E-state index is 0.0505. The van der Waals surface area contributed by atoms with E-state index in [4.69, 9.17) is 4.74 Å². The Kier molecular flexibility index (Phi) is 7.01. The van der Waals surface area contributed by atoms with Crippen LogP contribution < -0.4 is 10.1 Å². The molecular formula is C22H28FN3O2. The van der Waals surface area contributed by atoms with E-state index in [9.17, 15) is 9.18 Å². The number of ether oxygens (including phenoxy) is 1. The molecule has 1 amide bonds. The Hall–Kier alpha value is -2.44. The van der Waals surface area contributed by atoms with Gasteiger partial charge in [-0.2, -0.15) is 0 Å². The predicted molar refractivity (Wildman–Crippen MR) is 108 cm³/mol. The van der Waals surface area contributed by atoms with Crippen molar-refractivity contribution in [3.8, 4) is 5.75 Å². The lowest BCUT2D eigenvalue weighted by atomic mass is 10.1. The molecule has 1 aliphatic rings. The van der Waals surface area contributed by atoms with Crippen LogP contribution >= 0.6 is 0 Å². The van der Waals surface area contributed by atoms with Gasteiger partial charge in [-0.15, -0.1) is 0 Å². The summed E-state index contributed by atoms with van der Waals surface area (Å²) in [5.74, 6) is -0.0132. The summed E-state index contributed by atoms with van der Waals surface area (Å²) in [6.07, 6.45) is 0. The van der Waals surface area contributed by atoms with Gasteiger partial charge in [0, 0.05) is 39.3 Å². The zero-order valence-corrected chi connectivity index (χ0v) is 16.5. The van der Waals surface area contributed by atoms with Crippen LogP contribution in [0.1, 0.15) is 18.1 Å². The van der Waals surface area contributed by atoms with Gasteiger partial charge in [-0.05, 0) is 30.2 Å². The number of hydrogen-bond donors (Lipinski definition) is 1. The monoisotopic (exact) mass is 385 g/mol. The van der Waals surface area contributed by atoms with Crippen molar-refractivity contribution in [1.29, 1.82) is 0 Å². The van der Waals surface area contributed by atoms with Crippen molar-refractivity contribution in [2.45, 2.75) is 26.1 Å². The molecule has 0 spiro atoms. The van der Waals surface area contributed by atoms with Crippen molar-refractivity contribution in [1.82, 2.24) is 15.1 Å². The van der Waals surface area contributed by atoms with Crippen molar-refractivity contribution in [2.24, 2.45) is 0 Å². The average molecular weight is 385 g/mol. The second kappa shape index (κ2) is 9.66. The van der Waals surface area contributed by atoms with Crippen LogP contribution in [-0.4, -0.2) is 55.0 Å². The highest BCUT2D eigenvalue weighted by molar-refractivity contribution is 5.81. The zero-order valence-electron chi connectivity index (χ0n) is 16.5. The highest BCUT2D eigenvalue weighted by Crippen LogP contribution is 2.19. The number of benzene rings is 2. The molecule has 0 bridgehead atoms. The van der Waals surface area contributed by atoms with Gasteiger partial charge in [-0.3, -0.25) is 14.6 Å². The van der Waals surface area contributed by atoms with Gasteiger partial charge in [0.05, 0.1) is 13.2 Å². The summed E-state index contributed by atoms with van der Waals surface area (Å²) in [6, 6.07) is 14.9. The van der Waals surface area contributed by atoms with E-state index in [0.29, 0.717) is 13.1 Å². The molecule has 1 aliphatic heterocycles. The van der Waals surface area contributed by atoms with Crippen LogP contribution in [0.5, 0.6) is 5.75 Å². The SMILES string of the molecule is COc1ccc(CN2CCN([C@@H](C)C(=O)NCc3ccccc3)CC2)cc1F. The van der Waals surface area contributed by atoms with E-state index >= 15 is 0 Å². The Morgan fingerprint density at radius 3 is 2.46 bits per heavy atom. The number of hydrogen-bond acceptors (Lipinski definition) is 4. The standard InChI is InChI=1S/C22H28FN3O2/c1-17(22(27)24-15-18-6-4-3-5-7-18)26-12-10-25(11-13-26)16-19-8-9-21(28-2)20(23)14-19/h3-9,14,17H,10-13,15-16H2,1-2H3,(H,24,27)/t17-/m0/s1. The fourth-order valence-corrected chi connectivity index (χ4v) is 3.47. The molecule has 6 heteroatoms. The fraction of sp³-hybridized carbons (Fsp3) is 0.409. The summed E-state index contributed by atoms with van der Waals surface area (Å²) >= 11 is 0. The van der Waals surface area contributed by atoms with Crippen molar-refractivity contribution >= 4 is 5.91 Å². The smallest absolute Gasteiger partial charge is 0.237 e. The molecule has 28 heavy (non-hydrogen) atoms. The predicted octanol–water partition coefficient (Wildman–Crippen LogP) is 2.66. The molecule has 1 atom stereocenters. The Labute approximate surface area is 166 Å². The molecule has 2 aromatic carbocycles. The van der Waals surface area contributed by atoms with Gasteiger partial charge in [0.1, 0.15) is 0 Å². The van der Waals surface area contributed by atoms with Crippen LogP contribution in [0.25, 0.3) is 0 Å². The summed E-state index contributed by atoms with van der Waals surface area (Å²) in [7, 11) is 1.47. The minimum Gasteiger partial charge on any atom is -0.494 e. The van der Waals surface area contributed by atoms with E-state index in [0.717, 1.165) is 37.3 Å². The molecule has 2 aromatic rings. The van der Waals surface area contributed by atoms with E-state index in [1.54, 1.807) is 6.07 Å². The first-order chi connectivity index (χ1) is 13.6. The van der Waals surface area contributed by atoms with Crippen LogP contribution in [0.4, 0.5) is 4.39 Å². The number of methoxy groups -OCH3 is 1. The number of nitrogens with zero attached hydrogens (tertiary/aromatic N) is 2. The summed E-state index contributed by atoms with van der Waals surface area (Å²) in [6.45, 7) is 6.54. The molecule has 0 unspecified atom stereocenters. The van der Waals surface area contributed by atoms with Gasteiger partial charge >= 0.3 is 0 Å². The molecule has 1 heterocycles. The number of carbonyl (C=O) groups excluding carboxylic acids is 1.